The molecule has 1 aliphatic carbocycles. The van der Waals surface area contributed by atoms with Gasteiger partial charge in [-0.2, -0.15) is 0 Å². The van der Waals surface area contributed by atoms with E-state index in [1.54, 1.807) is 18.2 Å². The maximum absolute atomic E-state index is 12.5. The molecule has 2 heterocycles. The standard InChI is InChI=1S/C20H24Cl2N2O3/c21-14-5-6-17(16(22)12-14)23-19(26)27-15-7-9-20-8-2-10-24(20)18(25)4-1-3-13(20)11-15/h5-6,12-13,15H,1-4,7-11H2,(H,23,26)/t13-,15+,20+/m0/s1. The zero-order valence-electron chi connectivity index (χ0n) is 15.2. The molecular formula is C20H24Cl2N2O3. The van der Waals surface area contributed by atoms with Crippen LogP contribution < -0.4 is 5.32 Å². The Bertz CT molecular complexity index is 757. The summed E-state index contributed by atoms with van der Waals surface area (Å²) in [6.07, 6.45) is 6.71. The lowest BCUT2D eigenvalue weighted by atomic mass is 9.69. The van der Waals surface area contributed by atoms with E-state index in [-0.39, 0.29) is 11.6 Å². The number of carbonyl (C=O) groups excluding carboxylic acids is 2. The van der Waals surface area contributed by atoms with Crippen molar-refractivity contribution in [1.82, 2.24) is 4.90 Å². The summed E-state index contributed by atoms with van der Waals surface area (Å²) in [7, 11) is 0. The number of nitrogens with one attached hydrogen (secondary N) is 1. The fourth-order valence-corrected chi connectivity index (χ4v) is 5.69. The Hall–Kier alpha value is -1.46. The number of halogens is 2. The Labute approximate surface area is 169 Å². The molecular weight excluding hydrogens is 387 g/mol. The monoisotopic (exact) mass is 410 g/mol. The van der Waals surface area contributed by atoms with Gasteiger partial charge in [0.25, 0.3) is 0 Å². The lowest BCUT2D eigenvalue weighted by Gasteiger charge is -2.48. The number of carbonyl (C=O) groups is 2. The highest BCUT2D eigenvalue weighted by atomic mass is 35.5. The summed E-state index contributed by atoms with van der Waals surface area (Å²) in [6, 6.07) is 4.92. The molecule has 1 N–H and O–H groups in total. The molecule has 0 unspecified atom stereocenters. The van der Waals surface area contributed by atoms with E-state index < -0.39 is 6.09 Å². The lowest BCUT2D eigenvalue weighted by Crippen LogP contribution is -2.54. The second kappa shape index (κ2) is 7.51. The molecule has 0 aromatic heterocycles. The van der Waals surface area contributed by atoms with E-state index in [9.17, 15) is 9.59 Å². The van der Waals surface area contributed by atoms with E-state index in [4.69, 9.17) is 27.9 Å². The third-order valence-electron chi connectivity index (χ3n) is 6.42. The molecule has 2 saturated heterocycles. The van der Waals surface area contributed by atoms with Crippen molar-refractivity contribution >= 4 is 40.9 Å². The number of nitrogens with zero attached hydrogens (tertiary/aromatic N) is 1. The first kappa shape index (κ1) is 18.9. The van der Waals surface area contributed by atoms with E-state index in [1.165, 1.54) is 0 Å². The molecule has 1 saturated carbocycles. The molecule has 1 aromatic rings. The SMILES string of the molecule is O=C(Nc1ccc(Cl)cc1Cl)O[C@@H]1CC[C@@]23CCCN2C(=O)CCC[C@H]3C1. The Balaban J connectivity index is 1.40. The van der Waals surface area contributed by atoms with Crippen molar-refractivity contribution in [1.29, 1.82) is 0 Å². The summed E-state index contributed by atoms with van der Waals surface area (Å²) >= 11 is 12.0. The Morgan fingerprint density at radius 3 is 2.89 bits per heavy atom. The molecule has 0 bridgehead atoms. The predicted octanol–water partition coefficient (Wildman–Crippen LogP) is 5.26. The summed E-state index contributed by atoms with van der Waals surface area (Å²) in [6.45, 7) is 0.885. The smallest absolute Gasteiger partial charge is 0.411 e. The predicted molar refractivity (Wildman–Crippen MR) is 105 cm³/mol. The van der Waals surface area contributed by atoms with Crippen molar-refractivity contribution in [3.63, 3.8) is 0 Å². The summed E-state index contributed by atoms with van der Waals surface area (Å²) in [4.78, 5) is 27.0. The van der Waals surface area contributed by atoms with Gasteiger partial charge in [-0.05, 0) is 69.1 Å². The third-order valence-corrected chi connectivity index (χ3v) is 6.97. The number of amides is 2. The molecule has 0 radical (unpaired) electrons. The summed E-state index contributed by atoms with van der Waals surface area (Å²) in [5.41, 5.74) is 0.490. The average Bonchev–Trinajstić information content (AvgIpc) is 2.99. The van der Waals surface area contributed by atoms with Gasteiger partial charge in [-0.25, -0.2) is 4.79 Å². The number of hydrogen-bond donors (Lipinski definition) is 1. The highest BCUT2D eigenvalue weighted by molar-refractivity contribution is 6.36. The van der Waals surface area contributed by atoms with Crippen molar-refractivity contribution in [2.45, 2.75) is 63.0 Å². The summed E-state index contributed by atoms with van der Waals surface area (Å²) in [5, 5.41) is 3.60. The largest absolute Gasteiger partial charge is 0.446 e. The molecule has 2 amide bonds. The number of rotatable bonds is 2. The maximum atomic E-state index is 12.5. The molecule has 3 aliphatic rings. The van der Waals surface area contributed by atoms with Gasteiger partial charge >= 0.3 is 6.09 Å². The minimum absolute atomic E-state index is 0.00338. The van der Waals surface area contributed by atoms with Gasteiger partial charge in [-0.1, -0.05) is 23.2 Å². The first-order chi connectivity index (χ1) is 13.0. The minimum Gasteiger partial charge on any atom is -0.446 e. The van der Waals surface area contributed by atoms with Gasteiger partial charge in [0.2, 0.25) is 5.91 Å². The Morgan fingerprint density at radius 2 is 2.07 bits per heavy atom. The summed E-state index contributed by atoms with van der Waals surface area (Å²) in [5.74, 6) is 0.724. The van der Waals surface area contributed by atoms with Crippen LogP contribution in [-0.4, -0.2) is 35.1 Å². The molecule has 5 nitrogen and oxygen atoms in total. The van der Waals surface area contributed by atoms with Crippen LogP contribution in [0.2, 0.25) is 10.0 Å². The van der Waals surface area contributed by atoms with E-state index in [2.05, 4.69) is 10.2 Å². The second-order valence-electron chi connectivity index (χ2n) is 7.89. The van der Waals surface area contributed by atoms with Crippen LogP contribution in [0.3, 0.4) is 0 Å². The molecule has 7 heteroatoms. The molecule has 146 valence electrons. The molecule has 3 fully saturated rings. The van der Waals surface area contributed by atoms with Gasteiger partial charge in [-0.3, -0.25) is 10.1 Å². The van der Waals surface area contributed by atoms with Crippen LogP contribution in [0.5, 0.6) is 0 Å². The van der Waals surface area contributed by atoms with Crippen molar-refractivity contribution in [3.8, 4) is 0 Å². The molecule has 4 rings (SSSR count). The topological polar surface area (TPSA) is 58.6 Å². The van der Waals surface area contributed by atoms with Crippen LogP contribution in [0.4, 0.5) is 10.5 Å². The van der Waals surface area contributed by atoms with Gasteiger partial charge in [0.05, 0.1) is 10.7 Å². The van der Waals surface area contributed by atoms with Crippen LogP contribution in [0.15, 0.2) is 18.2 Å². The number of ether oxygens (including phenoxy) is 1. The van der Waals surface area contributed by atoms with E-state index in [0.29, 0.717) is 34.0 Å². The average molecular weight is 411 g/mol. The number of benzene rings is 1. The normalized spacial score (nSPS) is 30.3. The van der Waals surface area contributed by atoms with Crippen LogP contribution in [-0.2, 0) is 9.53 Å². The van der Waals surface area contributed by atoms with Crippen molar-refractivity contribution < 1.29 is 14.3 Å². The zero-order valence-corrected chi connectivity index (χ0v) is 16.7. The zero-order chi connectivity index (χ0) is 19.0. The maximum Gasteiger partial charge on any atom is 0.411 e. The van der Waals surface area contributed by atoms with E-state index >= 15 is 0 Å². The van der Waals surface area contributed by atoms with E-state index in [0.717, 1.165) is 51.5 Å². The van der Waals surface area contributed by atoms with Crippen LogP contribution in [0, 0.1) is 5.92 Å². The van der Waals surface area contributed by atoms with Gasteiger partial charge in [0.15, 0.2) is 0 Å². The Kier molecular flexibility index (Phi) is 5.26. The van der Waals surface area contributed by atoms with Crippen LogP contribution in [0.1, 0.15) is 51.4 Å². The lowest BCUT2D eigenvalue weighted by molar-refractivity contribution is -0.138. The molecule has 2 aliphatic heterocycles. The van der Waals surface area contributed by atoms with Crippen molar-refractivity contribution in [2.75, 3.05) is 11.9 Å². The third kappa shape index (κ3) is 3.64. The fraction of sp³-hybridized carbons (Fsp3) is 0.600. The van der Waals surface area contributed by atoms with Crippen LogP contribution >= 0.6 is 23.2 Å². The second-order valence-corrected chi connectivity index (χ2v) is 8.74. The highest BCUT2D eigenvalue weighted by Crippen LogP contribution is 2.49. The number of hydrogen-bond acceptors (Lipinski definition) is 3. The van der Waals surface area contributed by atoms with Crippen LogP contribution in [0.25, 0.3) is 0 Å². The van der Waals surface area contributed by atoms with Gasteiger partial charge < -0.3 is 9.64 Å². The van der Waals surface area contributed by atoms with E-state index in [1.807, 2.05) is 0 Å². The van der Waals surface area contributed by atoms with Crippen molar-refractivity contribution in [3.05, 3.63) is 28.2 Å². The number of anilines is 1. The van der Waals surface area contributed by atoms with Gasteiger partial charge in [0, 0.05) is 23.5 Å². The fourth-order valence-electron chi connectivity index (χ4n) is 5.24. The molecule has 3 atom stereocenters. The first-order valence-electron chi connectivity index (χ1n) is 9.71. The van der Waals surface area contributed by atoms with Gasteiger partial charge in [0.1, 0.15) is 6.10 Å². The molecule has 1 aromatic carbocycles. The molecule has 1 spiro atoms. The first-order valence-corrected chi connectivity index (χ1v) is 10.5. The highest BCUT2D eigenvalue weighted by Gasteiger charge is 2.52. The van der Waals surface area contributed by atoms with Gasteiger partial charge in [-0.15, -0.1) is 0 Å². The molecule has 27 heavy (non-hydrogen) atoms. The minimum atomic E-state index is -0.492. The summed E-state index contributed by atoms with van der Waals surface area (Å²) < 4.78 is 5.70. The quantitative estimate of drug-likeness (QED) is 0.723. The van der Waals surface area contributed by atoms with Crippen molar-refractivity contribution in [2.24, 2.45) is 5.92 Å². The Morgan fingerprint density at radius 1 is 1.22 bits per heavy atom.